The van der Waals surface area contributed by atoms with Crippen LogP contribution in [0.25, 0.3) is 6.08 Å². The fourth-order valence-electron chi connectivity index (χ4n) is 2.26. The zero-order chi connectivity index (χ0) is 22.3. The summed E-state index contributed by atoms with van der Waals surface area (Å²) in [6.07, 6.45) is 1.37. The van der Waals surface area contributed by atoms with E-state index in [1.54, 1.807) is 12.1 Å². The summed E-state index contributed by atoms with van der Waals surface area (Å²) in [6, 6.07) is 11.0. The van der Waals surface area contributed by atoms with E-state index < -0.39 is 24.5 Å². The molecule has 0 saturated carbocycles. The topological polar surface area (TPSA) is 126 Å². The number of carbonyl (C=O) groups is 3. The van der Waals surface area contributed by atoms with Crippen molar-refractivity contribution in [1.29, 1.82) is 5.26 Å². The van der Waals surface area contributed by atoms with E-state index in [2.05, 4.69) is 41.9 Å². The average Bonchev–Trinajstić information content (AvgIpc) is 2.71. The van der Waals surface area contributed by atoms with Crippen molar-refractivity contribution in [3.63, 3.8) is 0 Å². The van der Waals surface area contributed by atoms with E-state index in [4.69, 9.17) is 9.84 Å². The van der Waals surface area contributed by atoms with Crippen LogP contribution in [0, 0.1) is 11.3 Å². The molecule has 2 rings (SSSR count). The molecule has 10 heteroatoms. The Bertz CT molecular complexity index is 1030. The van der Waals surface area contributed by atoms with Crippen LogP contribution in [-0.4, -0.2) is 36.7 Å². The molecule has 0 aromatic heterocycles. The number of carbonyl (C=O) groups excluding carboxylic acids is 2. The van der Waals surface area contributed by atoms with Gasteiger partial charge in [-0.05, 0) is 79.9 Å². The molecule has 0 radical (unpaired) electrons. The molecule has 2 aromatic carbocycles. The van der Waals surface area contributed by atoms with Crippen molar-refractivity contribution in [1.82, 2.24) is 0 Å². The molecule has 1 amide bonds. The highest BCUT2D eigenvalue weighted by molar-refractivity contribution is 9.11. The molecule has 2 aromatic rings. The van der Waals surface area contributed by atoms with Gasteiger partial charge in [0.25, 0.3) is 5.91 Å². The molecule has 0 atom stereocenters. The first-order chi connectivity index (χ1) is 14.2. The van der Waals surface area contributed by atoms with E-state index in [-0.39, 0.29) is 11.3 Å². The lowest BCUT2D eigenvalue weighted by Gasteiger charge is -2.10. The summed E-state index contributed by atoms with van der Waals surface area (Å²) in [5.74, 6) is -1.98. The fourth-order valence-corrected chi connectivity index (χ4v) is 3.71. The molecule has 0 aliphatic rings. The summed E-state index contributed by atoms with van der Waals surface area (Å²) >= 11 is 6.55. The van der Waals surface area contributed by atoms with E-state index >= 15 is 0 Å². The number of aliphatic carboxylic acids is 1. The Morgan fingerprint density at radius 3 is 2.27 bits per heavy atom. The summed E-state index contributed by atoms with van der Waals surface area (Å²) in [7, 11) is 1.27. The number of hydrogen-bond acceptors (Lipinski definition) is 6. The number of carboxylic acids is 1. The number of rotatable bonds is 7. The molecular formula is C20H14Br2N2O6. The molecule has 2 N–H and O–H groups in total. The third kappa shape index (κ3) is 6.17. The second kappa shape index (κ2) is 10.6. The Balaban J connectivity index is 2.20. The maximum Gasteiger partial charge on any atom is 0.341 e. The van der Waals surface area contributed by atoms with Gasteiger partial charge in [-0.15, -0.1) is 0 Å². The second-order valence-electron chi connectivity index (χ2n) is 5.69. The molecule has 30 heavy (non-hydrogen) atoms. The zero-order valence-electron chi connectivity index (χ0n) is 15.4. The van der Waals surface area contributed by atoms with Crippen molar-refractivity contribution in [2.75, 3.05) is 19.0 Å². The minimum atomic E-state index is -1.12. The molecule has 0 aliphatic carbocycles. The Morgan fingerprint density at radius 2 is 1.77 bits per heavy atom. The minimum absolute atomic E-state index is 0.162. The van der Waals surface area contributed by atoms with Crippen LogP contribution in [0.15, 0.2) is 50.9 Å². The van der Waals surface area contributed by atoms with E-state index in [9.17, 15) is 19.6 Å². The standard InChI is InChI=1S/C20H14Br2N2O6/c1-29-20(28)12-2-4-14(5-3-12)24-19(27)13(9-23)6-11-7-15(21)18(16(22)8-11)30-10-17(25)26/h2-8H,10H2,1H3,(H,24,27)(H,25,26)/b13-6+. The lowest BCUT2D eigenvalue weighted by Crippen LogP contribution is -2.13. The quantitative estimate of drug-likeness (QED) is 0.310. The Hall–Kier alpha value is -3.16. The summed E-state index contributed by atoms with van der Waals surface area (Å²) in [6.45, 7) is -0.521. The van der Waals surface area contributed by atoms with E-state index in [1.165, 1.54) is 37.5 Å². The fraction of sp³-hybridized carbons (Fsp3) is 0.100. The molecular weight excluding hydrogens is 524 g/mol. The monoisotopic (exact) mass is 536 g/mol. The first-order valence-electron chi connectivity index (χ1n) is 8.20. The highest BCUT2D eigenvalue weighted by atomic mass is 79.9. The first-order valence-corrected chi connectivity index (χ1v) is 9.79. The minimum Gasteiger partial charge on any atom is -0.480 e. The highest BCUT2D eigenvalue weighted by Crippen LogP contribution is 2.35. The van der Waals surface area contributed by atoms with Crippen LogP contribution in [0.3, 0.4) is 0 Å². The molecule has 0 unspecified atom stereocenters. The number of anilines is 1. The van der Waals surface area contributed by atoms with Crippen molar-refractivity contribution < 1.29 is 29.0 Å². The maximum absolute atomic E-state index is 12.4. The predicted molar refractivity (Wildman–Crippen MR) is 115 cm³/mol. The van der Waals surface area contributed by atoms with Gasteiger partial charge in [-0.25, -0.2) is 9.59 Å². The normalized spacial score (nSPS) is 10.7. The third-order valence-electron chi connectivity index (χ3n) is 3.60. The lowest BCUT2D eigenvalue weighted by molar-refractivity contribution is -0.139. The number of methoxy groups -OCH3 is 1. The van der Waals surface area contributed by atoms with Gasteiger partial charge in [0.2, 0.25) is 0 Å². The number of nitriles is 1. The van der Waals surface area contributed by atoms with Crippen LogP contribution >= 0.6 is 31.9 Å². The lowest BCUT2D eigenvalue weighted by atomic mass is 10.1. The summed E-state index contributed by atoms with van der Waals surface area (Å²) in [5.41, 5.74) is 1.06. The number of nitrogens with zero attached hydrogens (tertiary/aromatic N) is 1. The molecule has 8 nitrogen and oxygen atoms in total. The molecule has 154 valence electrons. The Morgan fingerprint density at radius 1 is 1.17 bits per heavy atom. The summed E-state index contributed by atoms with van der Waals surface area (Å²) in [4.78, 5) is 34.6. The van der Waals surface area contributed by atoms with Crippen LogP contribution in [-0.2, 0) is 14.3 Å². The SMILES string of the molecule is COC(=O)c1ccc(NC(=O)/C(C#N)=C/c2cc(Br)c(OCC(=O)O)c(Br)c2)cc1. The number of carboxylic acid groups (broad SMARTS) is 1. The van der Waals surface area contributed by atoms with Crippen molar-refractivity contribution in [2.45, 2.75) is 0 Å². The number of esters is 1. The largest absolute Gasteiger partial charge is 0.480 e. The van der Waals surface area contributed by atoms with Crippen LogP contribution in [0.1, 0.15) is 15.9 Å². The van der Waals surface area contributed by atoms with E-state index in [0.717, 1.165) is 0 Å². The van der Waals surface area contributed by atoms with Gasteiger partial charge in [-0.3, -0.25) is 4.79 Å². The number of ether oxygens (including phenoxy) is 2. The number of halogens is 2. The van der Waals surface area contributed by atoms with E-state index in [0.29, 0.717) is 25.8 Å². The Labute approximate surface area is 188 Å². The molecule has 0 spiro atoms. The zero-order valence-corrected chi connectivity index (χ0v) is 18.6. The maximum atomic E-state index is 12.4. The predicted octanol–water partition coefficient (Wildman–Crippen LogP) is 4.01. The van der Waals surface area contributed by atoms with Gasteiger partial charge in [0.15, 0.2) is 6.61 Å². The van der Waals surface area contributed by atoms with Gasteiger partial charge >= 0.3 is 11.9 Å². The molecule has 0 saturated heterocycles. The number of amides is 1. The average molecular weight is 538 g/mol. The van der Waals surface area contributed by atoms with Crippen LogP contribution in [0.4, 0.5) is 5.69 Å². The van der Waals surface area contributed by atoms with Crippen molar-refractivity contribution >= 4 is 61.5 Å². The van der Waals surface area contributed by atoms with Gasteiger partial charge in [0, 0.05) is 5.69 Å². The second-order valence-corrected chi connectivity index (χ2v) is 7.40. The number of nitrogens with one attached hydrogen (secondary N) is 1. The smallest absolute Gasteiger partial charge is 0.341 e. The number of benzene rings is 2. The van der Waals surface area contributed by atoms with E-state index in [1.807, 2.05) is 6.07 Å². The van der Waals surface area contributed by atoms with Crippen LogP contribution < -0.4 is 10.1 Å². The molecule has 0 bridgehead atoms. The van der Waals surface area contributed by atoms with Crippen LogP contribution in [0.2, 0.25) is 0 Å². The summed E-state index contributed by atoms with van der Waals surface area (Å²) < 4.78 is 10.7. The molecule has 0 fully saturated rings. The highest BCUT2D eigenvalue weighted by Gasteiger charge is 2.14. The van der Waals surface area contributed by atoms with Crippen molar-refractivity contribution in [3.8, 4) is 11.8 Å². The molecule has 0 aliphatic heterocycles. The Kier molecular flexibility index (Phi) is 8.15. The number of hydrogen-bond donors (Lipinski definition) is 2. The van der Waals surface area contributed by atoms with Crippen molar-refractivity contribution in [3.05, 3.63) is 62.0 Å². The first kappa shape index (κ1) is 23.1. The van der Waals surface area contributed by atoms with Gasteiger partial charge in [-0.2, -0.15) is 5.26 Å². The summed E-state index contributed by atoms with van der Waals surface area (Å²) in [5, 5.41) is 20.7. The van der Waals surface area contributed by atoms with Gasteiger partial charge in [0.05, 0.1) is 21.6 Å². The van der Waals surface area contributed by atoms with Gasteiger partial charge < -0.3 is 19.9 Å². The molecule has 0 heterocycles. The van der Waals surface area contributed by atoms with Crippen molar-refractivity contribution in [2.24, 2.45) is 0 Å². The van der Waals surface area contributed by atoms with Gasteiger partial charge in [-0.1, -0.05) is 0 Å². The van der Waals surface area contributed by atoms with Crippen LogP contribution in [0.5, 0.6) is 5.75 Å². The van der Waals surface area contributed by atoms with Gasteiger partial charge in [0.1, 0.15) is 17.4 Å². The third-order valence-corrected chi connectivity index (χ3v) is 4.78.